The molecule has 1 fully saturated rings. The van der Waals surface area contributed by atoms with Gasteiger partial charge in [-0.25, -0.2) is 0 Å². The van der Waals surface area contributed by atoms with Gasteiger partial charge in [0.1, 0.15) is 0 Å². The number of hydrogen-bond donors (Lipinski definition) is 1. The van der Waals surface area contributed by atoms with E-state index in [0.717, 1.165) is 6.42 Å². The predicted octanol–water partition coefficient (Wildman–Crippen LogP) is 2.45. The van der Waals surface area contributed by atoms with Crippen molar-refractivity contribution in [1.82, 2.24) is 0 Å². The van der Waals surface area contributed by atoms with Gasteiger partial charge >= 0.3 is 0 Å². The lowest BCUT2D eigenvalue weighted by Crippen LogP contribution is -2.21. The summed E-state index contributed by atoms with van der Waals surface area (Å²) in [5.41, 5.74) is 1.52. The van der Waals surface area contributed by atoms with Crippen LogP contribution in [0.4, 0.5) is 0 Å². The van der Waals surface area contributed by atoms with Crippen molar-refractivity contribution in [2.24, 2.45) is 5.41 Å². The van der Waals surface area contributed by atoms with Crippen LogP contribution in [0.2, 0.25) is 0 Å². The SMILES string of the molecule is CC1(C(O)Cc2ccsc2)CC1. The van der Waals surface area contributed by atoms with Crippen LogP contribution in [0.25, 0.3) is 0 Å². The normalized spacial score (nSPS) is 22.2. The summed E-state index contributed by atoms with van der Waals surface area (Å²) in [6, 6.07) is 2.10. The first-order chi connectivity index (χ1) is 5.71. The fraction of sp³-hybridized carbons (Fsp3) is 0.600. The van der Waals surface area contributed by atoms with Gasteiger partial charge in [-0.3, -0.25) is 0 Å². The zero-order valence-electron chi connectivity index (χ0n) is 7.29. The molecule has 0 bridgehead atoms. The van der Waals surface area contributed by atoms with Gasteiger partial charge in [-0.05, 0) is 47.1 Å². The van der Waals surface area contributed by atoms with E-state index in [0.29, 0.717) is 0 Å². The van der Waals surface area contributed by atoms with Gasteiger partial charge in [0.05, 0.1) is 6.10 Å². The van der Waals surface area contributed by atoms with E-state index in [1.807, 2.05) is 0 Å². The fourth-order valence-electron chi connectivity index (χ4n) is 1.41. The topological polar surface area (TPSA) is 20.2 Å². The lowest BCUT2D eigenvalue weighted by molar-refractivity contribution is 0.103. The molecule has 2 rings (SSSR count). The standard InChI is InChI=1S/C10H14OS/c1-10(3-4-10)9(11)6-8-2-5-12-7-8/h2,5,7,9,11H,3-4,6H2,1H3. The van der Waals surface area contributed by atoms with Crippen LogP contribution in [0.5, 0.6) is 0 Å². The van der Waals surface area contributed by atoms with E-state index in [4.69, 9.17) is 0 Å². The van der Waals surface area contributed by atoms with Crippen molar-refractivity contribution >= 4 is 11.3 Å². The molecule has 1 atom stereocenters. The van der Waals surface area contributed by atoms with Crippen LogP contribution < -0.4 is 0 Å². The Morgan fingerprint density at radius 3 is 2.92 bits per heavy atom. The highest BCUT2D eigenvalue weighted by Crippen LogP contribution is 2.48. The van der Waals surface area contributed by atoms with Gasteiger partial charge in [-0.15, -0.1) is 0 Å². The first kappa shape index (κ1) is 8.27. The average molecular weight is 182 g/mol. The summed E-state index contributed by atoms with van der Waals surface area (Å²) < 4.78 is 0. The smallest absolute Gasteiger partial charge is 0.0634 e. The van der Waals surface area contributed by atoms with Crippen LogP contribution in [0, 0.1) is 5.41 Å². The summed E-state index contributed by atoms with van der Waals surface area (Å²) in [6.07, 6.45) is 3.09. The second-order valence-electron chi connectivity index (χ2n) is 4.01. The molecule has 0 amide bonds. The molecule has 1 N–H and O–H groups in total. The van der Waals surface area contributed by atoms with Crippen molar-refractivity contribution in [3.63, 3.8) is 0 Å². The molecule has 1 aliphatic rings. The highest BCUT2D eigenvalue weighted by molar-refractivity contribution is 7.07. The largest absolute Gasteiger partial charge is 0.392 e. The molecule has 1 aromatic heterocycles. The number of aliphatic hydroxyl groups is 1. The minimum atomic E-state index is -0.132. The van der Waals surface area contributed by atoms with Crippen LogP contribution >= 0.6 is 11.3 Å². The van der Waals surface area contributed by atoms with Crippen LogP contribution in [0.1, 0.15) is 25.3 Å². The van der Waals surface area contributed by atoms with Crippen LogP contribution in [0.3, 0.4) is 0 Å². The second-order valence-corrected chi connectivity index (χ2v) is 4.79. The molecule has 2 heteroatoms. The summed E-state index contributed by atoms with van der Waals surface area (Å²) in [5, 5.41) is 14.0. The lowest BCUT2D eigenvalue weighted by Gasteiger charge is -2.16. The van der Waals surface area contributed by atoms with Crippen molar-refractivity contribution in [2.75, 3.05) is 0 Å². The zero-order chi connectivity index (χ0) is 8.60. The van der Waals surface area contributed by atoms with E-state index in [1.165, 1.54) is 18.4 Å². The average Bonchev–Trinajstić information content (AvgIpc) is 2.63. The fourth-order valence-corrected chi connectivity index (χ4v) is 2.09. The molecule has 0 radical (unpaired) electrons. The monoisotopic (exact) mass is 182 g/mol. The van der Waals surface area contributed by atoms with Gasteiger partial charge in [0, 0.05) is 0 Å². The predicted molar refractivity (Wildman–Crippen MR) is 51.4 cm³/mol. The Hall–Kier alpha value is -0.340. The summed E-state index contributed by atoms with van der Waals surface area (Å²) in [6.45, 7) is 2.17. The number of hydrogen-bond acceptors (Lipinski definition) is 2. The maximum absolute atomic E-state index is 9.82. The molecule has 12 heavy (non-hydrogen) atoms. The van der Waals surface area contributed by atoms with Gasteiger partial charge in [0.15, 0.2) is 0 Å². The quantitative estimate of drug-likeness (QED) is 0.761. The first-order valence-corrected chi connectivity index (χ1v) is 5.34. The van der Waals surface area contributed by atoms with Gasteiger partial charge in [-0.2, -0.15) is 11.3 Å². The number of rotatable bonds is 3. The Morgan fingerprint density at radius 1 is 1.67 bits per heavy atom. The van der Waals surface area contributed by atoms with E-state index < -0.39 is 0 Å². The Bertz CT molecular complexity index is 249. The second kappa shape index (κ2) is 2.86. The van der Waals surface area contributed by atoms with E-state index in [9.17, 15) is 5.11 Å². The Morgan fingerprint density at radius 2 is 2.42 bits per heavy atom. The molecule has 0 aromatic carbocycles. The summed E-state index contributed by atoms with van der Waals surface area (Å²) in [7, 11) is 0. The van der Waals surface area contributed by atoms with E-state index in [1.54, 1.807) is 11.3 Å². The Kier molecular flexibility index (Phi) is 1.97. The van der Waals surface area contributed by atoms with Crippen molar-refractivity contribution in [3.05, 3.63) is 22.4 Å². The van der Waals surface area contributed by atoms with E-state index in [2.05, 4.69) is 23.8 Å². The number of aliphatic hydroxyl groups excluding tert-OH is 1. The molecule has 0 aliphatic heterocycles. The summed E-state index contributed by atoms with van der Waals surface area (Å²) >= 11 is 1.70. The molecule has 1 aromatic rings. The van der Waals surface area contributed by atoms with Gasteiger partial charge in [0.25, 0.3) is 0 Å². The third-order valence-electron chi connectivity index (χ3n) is 2.85. The number of thiophene rings is 1. The third-order valence-corrected chi connectivity index (χ3v) is 3.58. The van der Waals surface area contributed by atoms with E-state index >= 15 is 0 Å². The van der Waals surface area contributed by atoms with Crippen LogP contribution in [-0.2, 0) is 6.42 Å². The van der Waals surface area contributed by atoms with E-state index in [-0.39, 0.29) is 11.5 Å². The highest BCUT2D eigenvalue weighted by Gasteiger charge is 2.43. The molecular weight excluding hydrogens is 168 g/mol. The first-order valence-electron chi connectivity index (χ1n) is 4.40. The van der Waals surface area contributed by atoms with Crippen molar-refractivity contribution in [2.45, 2.75) is 32.3 Å². The molecule has 0 spiro atoms. The molecule has 1 aliphatic carbocycles. The maximum Gasteiger partial charge on any atom is 0.0634 e. The molecule has 1 unspecified atom stereocenters. The van der Waals surface area contributed by atoms with Crippen LogP contribution in [0.15, 0.2) is 16.8 Å². The summed E-state index contributed by atoms with van der Waals surface area (Å²) in [4.78, 5) is 0. The van der Waals surface area contributed by atoms with Gasteiger partial charge < -0.3 is 5.11 Å². The highest BCUT2D eigenvalue weighted by atomic mass is 32.1. The zero-order valence-corrected chi connectivity index (χ0v) is 8.10. The van der Waals surface area contributed by atoms with Crippen molar-refractivity contribution in [3.8, 4) is 0 Å². The lowest BCUT2D eigenvalue weighted by atomic mass is 9.97. The maximum atomic E-state index is 9.82. The summed E-state index contributed by atoms with van der Waals surface area (Å²) in [5.74, 6) is 0. The minimum Gasteiger partial charge on any atom is -0.392 e. The van der Waals surface area contributed by atoms with Crippen molar-refractivity contribution in [1.29, 1.82) is 0 Å². The molecule has 0 saturated heterocycles. The van der Waals surface area contributed by atoms with Crippen LogP contribution in [-0.4, -0.2) is 11.2 Å². The third kappa shape index (κ3) is 1.54. The Balaban J connectivity index is 1.95. The van der Waals surface area contributed by atoms with Crippen molar-refractivity contribution < 1.29 is 5.11 Å². The molecule has 66 valence electrons. The van der Waals surface area contributed by atoms with Gasteiger partial charge in [0.2, 0.25) is 0 Å². The molecule has 1 nitrogen and oxygen atoms in total. The molecule has 1 heterocycles. The minimum absolute atomic E-state index is 0.132. The molecule has 1 saturated carbocycles. The van der Waals surface area contributed by atoms with Gasteiger partial charge in [-0.1, -0.05) is 6.92 Å². The Labute approximate surface area is 77.0 Å². The molecular formula is C10H14OS.